The van der Waals surface area contributed by atoms with Crippen molar-refractivity contribution in [2.75, 3.05) is 5.32 Å². The van der Waals surface area contributed by atoms with E-state index in [1.54, 1.807) is 36.5 Å². The molecule has 0 fully saturated rings. The van der Waals surface area contributed by atoms with Gasteiger partial charge in [-0.3, -0.25) is 9.78 Å². The second kappa shape index (κ2) is 6.16. The average molecular weight is 265 g/mol. The van der Waals surface area contributed by atoms with Gasteiger partial charge in [-0.15, -0.1) is 0 Å². The molecule has 0 aliphatic rings. The number of nitrogens with one attached hydrogen (secondary N) is 1. The third-order valence-electron chi connectivity index (χ3n) is 2.52. The Labute approximate surface area is 115 Å². The highest BCUT2D eigenvalue weighted by Gasteiger charge is 2.10. The molecule has 98 valence electrons. The van der Waals surface area contributed by atoms with E-state index in [2.05, 4.69) is 10.3 Å². The number of rotatable bonds is 3. The first-order valence-electron chi connectivity index (χ1n) is 5.82. The zero-order chi connectivity index (χ0) is 14.4. The predicted octanol–water partition coefficient (Wildman–Crippen LogP) is 2.33. The molecule has 2 N–H and O–H groups in total. The summed E-state index contributed by atoms with van der Waals surface area (Å²) in [4.78, 5) is 15.8. The van der Waals surface area contributed by atoms with Crippen molar-refractivity contribution >= 4 is 17.7 Å². The summed E-state index contributed by atoms with van der Waals surface area (Å²) in [6, 6.07) is 11.6. The van der Waals surface area contributed by atoms with Crippen LogP contribution in [-0.4, -0.2) is 16.0 Å². The van der Waals surface area contributed by atoms with Gasteiger partial charge in [0.1, 0.15) is 17.4 Å². The van der Waals surface area contributed by atoms with E-state index < -0.39 is 5.91 Å². The molecule has 0 saturated heterocycles. The van der Waals surface area contributed by atoms with Crippen LogP contribution < -0.4 is 5.32 Å². The van der Waals surface area contributed by atoms with Gasteiger partial charge in [-0.1, -0.05) is 18.2 Å². The van der Waals surface area contributed by atoms with Crippen LogP contribution in [0.1, 0.15) is 5.56 Å². The van der Waals surface area contributed by atoms with Crippen molar-refractivity contribution in [3.63, 3.8) is 0 Å². The summed E-state index contributed by atoms with van der Waals surface area (Å²) in [6.45, 7) is 0. The summed E-state index contributed by atoms with van der Waals surface area (Å²) < 4.78 is 0. The van der Waals surface area contributed by atoms with Crippen molar-refractivity contribution in [1.82, 2.24) is 4.98 Å². The van der Waals surface area contributed by atoms with E-state index in [0.29, 0.717) is 11.3 Å². The number of benzene rings is 1. The highest BCUT2D eigenvalue weighted by atomic mass is 16.3. The maximum Gasteiger partial charge on any atom is 0.266 e. The molecule has 5 nitrogen and oxygen atoms in total. The van der Waals surface area contributed by atoms with E-state index in [1.807, 2.05) is 6.07 Å². The largest absolute Gasteiger partial charge is 0.507 e. The lowest BCUT2D eigenvalue weighted by Gasteiger charge is -2.04. The van der Waals surface area contributed by atoms with Gasteiger partial charge in [0.15, 0.2) is 0 Å². The van der Waals surface area contributed by atoms with E-state index in [4.69, 9.17) is 5.26 Å². The Morgan fingerprint density at radius 2 is 2.10 bits per heavy atom. The number of pyridine rings is 1. The van der Waals surface area contributed by atoms with Gasteiger partial charge in [0.2, 0.25) is 0 Å². The highest BCUT2D eigenvalue weighted by Crippen LogP contribution is 2.19. The monoisotopic (exact) mass is 265 g/mol. The summed E-state index contributed by atoms with van der Waals surface area (Å²) in [5.41, 5.74) is 0.802. The number of aromatic nitrogens is 1. The van der Waals surface area contributed by atoms with Crippen LogP contribution in [0.15, 0.2) is 54.4 Å². The molecule has 2 rings (SSSR count). The fraction of sp³-hybridized carbons (Fsp3) is 0. The third-order valence-corrected chi connectivity index (χ3v) is 2.52. The van der Waals surface area contributed by atoms with E-state index in [0.717, 1.165) is 0 Å². The number of anilines is 1. The number of nitrogens with zero attached hydrogens (tertiary/aromatic N) is 2. The molecule has 0 unspecified atom stereocenters. The summed E-state index contributed by atoms with van der Waals surface area (Å²) in [7, 11) is 0. The van der Waals surface area contributed by atoms with E-state index in [-0.39, 0.29) is 11.3 Å². The molecule has 0 aliphatic heterocycles. The van der Waals surface area contributed by atoms with Crippen LogP contribution in [0.2, 0.25) is 0 Å². The fourth-order valence-electron chi connectivity index (χ4n) is 1.55. The number of hydrogen-bond donors (Lipinski definition) is 2. The standard InChI is InChI=1S/C15H11N3O2/c16-9-12(8-11-4-1-2-6-14(11)19)15(20)18-13-5-3-7-17-10-13/h1-8,10,19H,(H,18,20)/b12-8+. The lowest BCUT2D eigenvalue weighted by atomic mass is 10.1. The molecule has 1 heterocycles. The van der Waals surface area contributed by atoms with Gasteiger partial charge < -0.3 is 10.4 Å². The van der Waals surface area contributed by atoms with Gasteiger partial charge in [0.05, 0.1) is 11.9 Å². The normalized spacial score (nSPS) is 10.7. The number of nitriles is 1. The van der Waals surface area contributed by atoms with Crippen molar-refractivity contribution in [3.05, 3.63) is 59.9 Å². The Morgan fingerprint density at radius 3 is 2.75 bits per heavy atom. The van der Waals surface area contributed by atoms with Crippen LogP contribution >= 0.6 is 0 Å². The molecule has 5 heteroatoms. The Kier molecular flexibility index (Phi) is 4.10. The van der Waals surface area contributed by atoms with Crippen molar-refractivity contribution in [3.8, 4) is 11.8 Å². The summed E-state index contributed by atoms with van der Waals surface area (Å²) >= 11 is 0. The second-order valence-electron chi connectivity index (χ2n) is 3.92. The van der Waals surface area contributed by atoms with Crippen LogP contribution in [0.4, 0.5) is 5.69 Å². The Balaban J connectivity index is 2.23. The minimum absolute atomic E-state index is 0.00873. The van der Waals surface area contributed by atoms with Crippen molar-refractivity contribution in [1.29, 1.82) is 5.26 Å². The molecule has 0 bridgehead atoms. The number of aromatic hydroxyl groups is 1. The first kappa shape index (κ1) is 13.3. The fourth-order valence-corrected chi connectivity index (χ4v) is 1.55. The van der Waals surface area contributed by atoms with Gasteiger partial charge in [0.25, 0.3) is 5.91 Å². The molecule has 2 aromatic rings. The zero-order valence-corrected chi connectivity index (χ0v) is 10.4. The summed E-state index contributed by atoms with van der Waals surface area (Å²) in [6.07, 6.45) is 4.40. The molecule has 1 amide bonds. The topological polar surface area (TPSA) is 86.0 Å². The Morgan fingerprint density at radius 1 is 1.30 bits per heavy atom. The molecule has 0 spiro atoms. The van der Waals surface area contributed by atoms with Gasteiger partial charge >= 0.3 is 0 Å². The molecular weight excluding hydrogens is 254 g/mol. The molecular formula is C15H11N3O2. The quantitative estimate of drug-likeness (QED) is 0.658. The average Bonchev–Trinajstić information content (AvgIpc) is 2.47. The Hall–Kier alpha value is -3.13. The van der Waals surface area contributed by atoms with Crippen molar-refractivity contribution < 1.29 is 9.90 Å². The van der Waals surface area contributed by atoms with Crippen LogP contribution in [0.25, 0.3) is 6.08 Å². The van der Waals surface area contributed by atoms with E-state index in [1.165, 1.54) is 18.3 Å². The number of phenolic OH excluding ortho intramolecular Hbond substituents is 1. The third kappa shape index (κ3) is 3.21. The van der Waals surface area contributed by atoms with Gasteiger partial charge in [-0.25, -0.2) is 0 Å². The summed E-state index contributed by atoms with van der Waals surface area (Å²) in [5.74, 6) is -0.543. The van der Waals surface area contributed by atoms with Crippen molar-refractivity contribution in [2.24, 2.45) is 0 Å². The van der Waals surface area contributed by atoms with Gasteiger partial charge in [-0.05, 0) is 24.3 Å². The zero-order valence-electron chi connectivity index (χ0n) is 10.4. The van der Waals surface area contributed by atoms with Crippen molar-refractivity contribution in [2.45, 2.75) is 0 Å². The SMILES string of the molecule is N#C/C(=C\c1ccccc1O)C(=O)Nc1cccnc1. The van der Waals surface area contributed by atoms with E-state index >= 15 is 0 Å². The van der Waals surface area contributed by atoms with Gasteiger partial charge in [0, 0.05) is 11.8 Å². The maximum atomic E-state index is 11.9. The number of para-hydroxylation sites is 1. The minimum Gasteiger partial charge on any atom is -0.507 e. The molecule has 1 aromatic carbocycles. The van der Waals surface area contributed by atoms with Crippen LogP contribution in [-0.2, 0) is 4.79 Å². The summed E-state index contributed by atoms with van der Waals surface area (Å²) in [5, 5.41) is 21.2. The smallest absolute Gasteiger partial charge is 0.266 e. The highest BCUT2D eigenvalue weighted by molar-refractivity contribution is 6.09. The number of carbonyl (C=O) groups is 1. The lowest BCUT2D eigenvalue weighted by Crippen LogP contribution is -2.13. The first-order valence-corrected chi connectivity index (χ1v) is 5.82. The molecule has 20 heavy (non-hydrogen) atoms. The van der Waals surface area contributed by atoms with E-state index in [9.17, 15) is 9.90 Å². The van der Waals surface area contributed by atoms with Crippen LogP contribution in [0, 0.1) is 11.3 Å². The second-order valence-corrected chi connectivity index (χ2v) is 3.92. The molecule has 0 saturated carbocycles. The minimum atomic E-state index is -0.552. The van der Waals surface area contributed by atoms with Gasteiger partial charge in [-0.2, -0.15) is 5.26 Å². The number of amides is 1. The number of phenols is 1. The number of hydrogen-bond acceptors (Lipinski definition) is 4. The molecule has 0 atom stereocenters. The molecule has 1 aromatic heterocycles. The molecule has 0 radical (unpaired) electrons. The Bertz CT molecular complexity index is 688. The maximum absolute atomic E-state index is 11.9. The first-order chi connectivity index (χ1) is 9.70. The van der Waals surface area contributed by atoms with Crippen LogP contribution in [0.3, 0.4) is 0 Å². The lowest BCUT2D eigenvalue weighted by molar-refractivity contribution is -0.112. The predicted molar refractivity (Wildman–Crippen MR) is 74.6 cm³/mol. The molecule has 0 aliphatic carbocycles. The van der Waals surface area contributed by atoms with Crippen LogP contribution in [0.5, 0.6) is 5.75 Å². The number of carbonyl (C=O) groups excluding carboxylic acids is 1.